The highest BCUT2D eigenvalue weighted by Crippen LogP contribution is 2.19. The van der Waals surface area contributed by atoms with Crippen LogP contribution in [0.1, 0.15) is 39.1 Å². The maximum atomic E-state index is 11.8. The molecule has 0 unspecified atom stereocenters. The molecule has 0 spiro atoms. The second-order valence-electron chi connectivity index (χ2n) is 4.31. The maximum absolute atomic E-state index is 11.8. The van der Waals surface area contributed by atoms with Gasteiger partial charge in [-0.2, -0.15) is 0 Å². The predicted molar refractivity (Wildman–Crippen MR) is 66.9 cm³/mol. The summed E-state index contributed by atoms with van der Waals surface area (Å²) in [4.78, 5) is 18.8. The molecule has 1 heterocycles. The first-order valence-electron chi connectivity index (χ1n) is 5.94. The highest BCUT2D eigenvalue weighted by Gasteiger charge is 2.23. The minimum absolute atomic E-state index is 0.108. The number of nitrogens with zero attached hydrogens (tertiary/aromatic N) is 1. The fraction of sp³-hybridized carbons (Fsp3) is 0.667. The second-order valence-corrected chi connectivity index (χ2v) is 4.31. The highest BCUT2D eigenvalue weighted by molar-refractivity contribution is 5.08. The molecular weight excluding hydrogens is 218 g/mol. The lowest BCUT2D eigenvalue weighted by molar-refractivity contribution is -0.0210. The summed E-state index contributed by atoms with van der Waals surface area (Å²) in [6.45, 7) is 9.63. The molecule has 2 N–H and O–H groups in total. The molecule has 0 bridgehead atoms. The van der Waals surface area contributed by atoms with Gasteiger partial charge < -0.3 is 15.0 Å². The molecule has 0 aliphatic heterocycles. The molecule has 0 radical (unpaired) electrons. The van der Waals surface area contributed by atoms with E-state index < -0.39 is 5.60 Å². The summed E-state index contributed by atoms with van der Waals surface area (Å²) < 4.78 is 5.54. The first-order chi connectivity index (χ1) is 8.01. The van der Waals surface area contributed by atoms with Crippen molar-refractivity contribution in [1.29, 1.82) is 0 Å². The van der Waals surface area contributed by atoms with Gasteiger partial charge in [-0.1, -0.05) is 6.92 Å². The van der Waals surface area contributed by atoms with Crippen molar-refractivity contribution in [2.75, 3.05) is 13.2 Å². The second kappa shape index (κ2) is 5.93. The van der Waals surface area contributed by atoms with Crippen LogP contribution in [-0.2, 0) is 16.9 Å². The van der Waals surface area contributed by atoms with Gasteiger partial charge in [0.05, 0.1) is 0 Å². The first kappa shape index (κ1) is 13.9. The molecule has 5 nitrogen and oxygen atoms in total. The van der Waals surface area contributed by atoms with Gasteiger partial charge in [0.2, 0.25) is 0 Å². The SMILES string of the molecule is CCNCc1cnc(C(C)(C)OCC)[nH]c1=O. The summed E-state index contributed by atoms with van der Waals surface area (Å²) in [6.07, 6.45) is 1.61. The molecule has 0 saturated carbocycles. The molecule has 96 valence electrons. The Labute approximate surface area is 102 Å². The van der Waals surface area contributed by atoms with Crippen molar-refractivity contribution in [3.63, 3.8) is 0 Å². The fourth-order valence-electron chi connectivity index (χ4n) is 1.54. The van der Waals surface area contributed by atoms with Crippen LogP contribution in [0.5, 0.6) is 0 Å². The van der Waals surface area contributed by atoms with E-state index >= 15 is 0 Å². The smallest absolute Gasteiger partial charge is 0.255 e. The van der Waals surface area contributed by atoms with Gasteiger partial charge in [-0.25, -0.2) is 4.98 Å². The van der Waals surface area contributed by atoms with Gasteiger partial charge in [0.25, 0.3) is 5.56 Å². The molecule has 0 fully saturated rings. The molecule has 1 aromatic heterocycles. The molecule has 5 heteroatoms. The molecule has 17 heavy (non-hydrogen) atoms. The number of aromatic nitrogens is 2. The van der Waals surface area contributed by atoms with Crippen molar-refractivity contribution < 1.29 is 4.74 Å². The number of hydrogen-bond acceptors (Lipinski definition) is 4. The van der Waals surface area contributed by atoms with Crippen LogP contribution in [0.25, 0.3) is 0 Å². The lowest BCUT2D eigenvalue weighted by Crippen LogP contribution is -2.30. The largest absolute Gasteiger partial charge is 0.368 e. The third-order valence-electron chi connectivity index (χ3n) is 2.51. The summed E-state index contributed by atoms with van der Waals surface area (Å²) in [5.41, 5.74) is -0.0309. The van der Waals surface area contributed by atoms with Crippen molar-refractivity contribution in [2.24, 2.45) is 0 Å². The Hall–Kier alpha value is -1.20. The highest BCUT2D eigenvalue weighted by atomic mass is 16.5. The van der Waals surface area contributed by atoms with Crippen molar-refractivity contribution in [3.05, 3.63) is 27.9 Å². The number of H-pyrrole nitrogens is 1. The number of ether oxygens (including phenoxy) is 1. The summed E-state index contributed by atoms with van der Waals surface area (Å²) in [6, 6.07) is 0. The van der Waals surface area contributed by atoms with Gasteiger partial charge in [0, 0.05) is 24.9 Å². The molecule has 0 amide bonds. The minimum atomic E-state index is -0.565. The molecular formula is C12H21N3O2. The Morgan fingerprint density at radius 3 is 2.71 bits per heavy atom. The van der Waals surface area contributed by atoms with E-state index in [9.17, 15) is 4.79 Å². The van der Waals surface area contributed by atoms with E-state index in [1.807, 2.05) is 27.7 Å². The van der Waals surface area contributed by atoms with E-state index in [1.165, 1.54) is 0 Å². The standard InChI is InChI=1S/C12H21N3O2/c1-5-13-7-9-8-14-11(15-10(9)16)12(3,4)17-6-2/h8,13H,5-7H2,1-4H3,(H,14,15,16). The Balaban J connectivity index is 2.92. The van der Waals surface area contributed by atoms with E-state index in [2.05, 4.69) is 15.3 Å². The number of aromatic amines is 1. The van der Waals surface area contributed by atoms with Gasteiger partial charge in [0.1, 0.15) is 11.4 Å². The Kier molecular flexibility index (Phi) is 4.84. The third-order valence-corrected chi connectivity index (χ3v) is 2.51. The van der Waals surface area contributed by atoms with Crippen molar-refractivity contribution in [3.8, 4) is 0 Å². The van der Waals surface area contributed by atoms with Crippen LogP contribution in [0.3, 0.4) is 0 Å². The van der Waals surface area contributed by atoms with E-state index in [-0.39, 0.29) is 5.56 Å². The zero-order valence-electron chi connectivity index (χ0n) is 11.0. The van der Waals surface area contributed by atoms with Crippen LogP contribution in [0.15, 0.2) is 11.0 Å². The lowest BCUT2D eigenvalue weighted by Gasteiger charge is -2.23. The third kappa shape index (κ3) is 3.64. The van der Waals surface area contributed by atoms with Crippen LogP contribution < -0.4 is 10.9 Å². The Bertz CT molecular complexity index is 412. The summed E-state index contributed by atoms with van der Waals surface area (Å²) >= 11 is 0. The zero-order valence-corrected chi connectivity index (χ0v) is 11.0. The molecule has 0 aliphatic rings. The van der Waals surface area contributed by atoms with Crippen LogP contribution in [0.2, 0.25) is 0 Å². The Morgan fingerprint density at radius 2 is 2.18 bits per heavy atom. The van der Waals surface area contributed by atoms with Crippen molar-refractivity contribution >= 4 is 0 Å². The van der Waals surface area contributed by atoms with Crippen LogP contribution >= 0.6 is 0 Å². The van der Waals surface area contributed by atoms with Crippen molar-refractivity contribution in [2.45, 2.75) is 39.8 Å². The minimum Gasteiger partial charge on any atom is -0.368 e. The van der Waals surface area contributed by atoms with E-state index in [4.69, 9.17) is 4.74 Å². The summed E-state index contributed by atoms with van der Waals surface area (Å²) in [5.74, 6) is 0.560. The molecule has 0 atom stereocenters. The van der Waals surface area contributed by atoms with E-state index in [0.717, 1.165) is 6.54 Å². The fourth-order valence-corrected chi connectivity index (χ4v) is 1.54. The van der Waals surface area contributed by atoms with Crippen LogP contribution in [-0.4, -0.2) is 23.1 Å². The first-order valence-corrected chi connectivity index (χ1v) is 5.94. The average Bonchev–Trinajstić information content (AvgIpc) is 2.27. The number of hydrogen-bond donors (Lipinski definition) is 2. The number of nitrogens with one attached hydrogen (secondary N) is 2. The average molecular weight is 239 g/mol. The summed E-state index contributed by atoms with van der Waals surface area (Å²) in [7, 11) is 0. The van der Waals surface area contributed by atoms with Crippen LogP contribution in [0.4, 0.5) is 0 Å². The molecule has 0 aliphatic carbocycles. The normalized spacial score (nSPS) is 11.8. The van der Waals surface area contributed by atoms with Crippen molar-refractivity contribution in [1.82, 2.24) is 15.3 Å². The zero-order chi connectivity index (χ0) is 12.9. The molecule has 0 saturated heterocycles. The Morgan fingerprint density at radius 1 is 1.47 bits per heavy atom. The molecule has 1 rings (SSSR count). The van der Waals surface area contributed by atoms with E-state index in [0.29, 0.717) is 24.5 Å². The predicted octanol–water partition coefficient (Wildman–Crippen LogP) is 1.15. The van der Waals surface area contributed by atoms with Gasteiger partial charge >= 0.3 is 0 Å². The van der Waals surface area contributed by atoms with Gasteiger partial charge in [-0.3, -0.25) is 4.79 Å². The number of rotatable bonds is 6. The molecule has 0 aromatic carbocycles. The van der Waals surface area contributed by atoms with E-state index in [1.54, 1.807) is 6.20 Å². The van der Waals surface area contributed by atoms with Gasteiger partial charge in [-0.15, -0.1) is 0 Å². The topological polar surface area (TPSA) is 67.0 Å². The quantitative estimate of drug-likeness (QED) is 0.781. The van der Waals surface area contributed by atoms with Gasteiger partial charge in [-0.05, 0) is 27.3 Å². The molecule has 1 aromatic rings. The maximum Gasteiger partial charge on any atom is 0.255 e. The monoisotopic (exact) mass is 239 g/mol. The van der Waals surface area contributed by atoms with Gasteiger partial charge in [0.15, 0.2) is 0 Å². The lowest BCUT2D eigenvalue weighted by atomic mass is 10.1. The summed E-state index contributed by atoms with van der Waals surface area (Å²) in [5, 5.41) is 3.10. The van der Waals surface area contributed by atoms with Crippen LogP contribution in [0, 0.1) is 0 Å².